The first-order chi connectivity index (χ1) is 9.49. The van der Waals surface area contributed by atoms with Crippen LogP contribution in [-0.4, -0.2) is 26.0 Å². The normalized spacial score (nSPS) is 10.2. The van der Waals surface area contributed by atoms with Crippen molar-refractivity contribution in [2.45, 2.75) is 17.0 Å². The molecule has 0 saturated carbocycles. The highest BCUT2D eigenvalue weighted by Gasteiger charge is 2.25. The molecule has 1 aromatic carbocycles. The van der Waals surface area contributed by atoms with Crippen LogP contribution in [0.2, 0.25) is 0 Å². The molecule has 0 saturated heterocycles. The second-order valence-electron chi connectivity index (χ2n) is 3.86. The predicted molar refractivity (Wildman–Crippen MR) is 70.9 cm³/mol. The summed E-state index contributed by atoms with van der Waals surface area (Å²) < 4.78 is 0. The summed E-state index contributed by atoms with van der Waals surface area (Å²) in [6, 6.07) is 4.12. The minimum absolute atomic E-state index is 0.193. The lowest BCUT2D eigenvalue weighted by Gasteiger charge is -2.04. The molecule has 0 aliphatic rings. The van der Waals surface area contributed by atoms with E-state index in [1.807, 2.05) is 6.92 Å². The second kappa shape index (κ2) is 5.66. The van der Waals surface area contributed by atoms with Gasteiger partial charge in [0.2, 0.25) is 0 Å². The Hall–Kier alpha value is -2.48. The number of para-hydroxylation sites is 1. The molecule has 0 atom stereocenters. The number of hydrogen-bond acceptors (Lipinski definition) is 6. The fraction of sp³-hybridized carbons (Fsp3) is 0.0833. The number of benzene rings is 1. The molecule has 8 heteroatoms. The lowest BCUT2D eigenvalue weighted by atomic mass is 10.2. The van der Waals surface area contributed by atoms with E-state index in [9.17, 15) is 14.9 Å². The third-order valence-electron chi connectivity index (χ3n) is 2.37. The first-order valence-electron chi connectivity index (χ1n) is 5.46. The first kappa shape index (κ1) is 13.9. The maximum atomic E-state index is 11.1. The third kappa shape index (κ3) is 2.91. The van der Waals surface area contributed by atoms with Crippen molar-refractivity contribution in [3.8, 4) is 0 Å². The number of rotatable bonds is 4. The second-order valence-corrected chi connectivity index (χ2v) is 4.87. The summed E-state index contributed by atoms with van der Waals surface area (Å²) in [6.45, 7) is 1.82. The monoisotopic (exact) mass is 291 g/mol. The van der Waals surface area contributed by atoms with E-state index >= 15 is 0 Å². The van der Waals surface area contributed by atoms with Crippen LogP contribution < -0.4 is 0 Å². The summed E-state index contributed by atoms with van der Waals surface area (Å²) in [4.78, 5) is 29.7. The van der Waals surface area contributed by atoms with Crippen molar-refractivity contribution in [3.63, 3.8) is 0 Å². The Balaban J connectivity index is 2.46. The highest BCUT2D eigenvalue weighted by Crippen LogP contribution is 2.35. The van der Waals surface area contributed by atoms with Gasteiger partial charge in [-0.3, -0.25) is 10.1 Å². The van der Waals surface area contributed by atoms with E-state index in [-0.39, 0.29) is 10.5 Å². The van der Waals surface area contributed by atoms with Crippen molar-refractivity contribution < 1.29 is 14.8 Å². The Morgan fingerprint density at radius 1 is 1.35 bits per heavy atom. The van der Waals surface area contributed by atoms with E-state index < -0.39 is 16.6 Å². The molecule has 0 amide bonds. The summed E-state index contributed by atoms with van der Waals surface area (Å²) in [5.41, 5.74) is 0.0597. The minimum Gasteiger partial charge on any atom is -0.477 e. The molecule has 1 N–H and O–H groups in total. The van der Waals surface area contributed by atoms with Crippen LogP contribution in [0.1, 0.15) is 15.9 Å². The molecular formula is C12H9N3O4S. The Labute approximate surface area is 117 Å². The van der Waals surface area contributed by atoms with E-state index in [1.54, 1.807) is 12.4 Å². The summed E-state index contributed by atoms with van der Waals surface area (Å²) in [5, 5.41) is 20.4. The van der Waals surface area contributed by atoms with Crippen LogP contribution in [-0.2, 0) is 0 Å². The Morgan fingerprint density at radius 2 is 2.00 bits per heavy atom. The van der Waals surface area contributed by atoms with Gasteiger partial charge in [-0.15, -0.1) is 0 Å². The molecule has 7 nitrogen and oxygen atoms in total. The Kier molecular flexibility index (Phi) is 3.94. The number of hydrogen-bond donors (Lipinski definition) is 1. The van der Waals surface area contributed by atoms with E-state index in [1.165, 1.54) is 18.2 Å². The maximum Gasteiger partial charge on any atom is 0.342 e. The van der Waals surface area contributed by atoms with Crippen molar-refractivity contribution >= 4 is 23.4 Å². The highest BCUT2D eigenvalue weighted by atomic mass is 32.2. The van der Waals surface area contributed by atoms with E-state index in [2.05, 4.69) is 9.97 Å². The fourth-order valence-electron chi connectivity index (χ4n) is 1.50. The number of carbonyl (C=O) groups is 1. The summed E-state index contributed by atoms with van der Waals surface area (Å²) in [5.74, 6) is -1.34. The molecule has 0 spiro atoms. The van der Waals surface area contributed by atoms with Gasteiger partial charge >= 0.3 is 5.97 Å². The minimum atomic E-state index is -1.34. The van der Waals surface area contributed by atoms with Gasteiger partial charge in [-0.25, -0.2) is 14.8 Å². The number of carboxylic acid groups (broad SMARTS) is 1. The molecule has 0 unspecified atom stereocenters. The molecule has 0 fully saturated rings. The zero-order valence-corrected chi connectivity index (χ0v) is 11.1. The number of carboxylic acids is 1. The molecular weight excluding hydrogens is 282 g/mol. The molecule has 0 aliphatic heterocycles. The molecule has 1 aromatic heterocycles. The topological polar surface area (TPSA) is 106 Å². The number of aromatic carboxylic acids is 1. The van der Waals surface area contributed by atoms with Crippen LogP contribution in [0.25, 0.3) is 0 Å². The van der Waals surface area contributed by atoms with Gasteiger partial charge in [0.05, 0.1) is 9.82 Å². The van der Waals surface area contributed by atoms with Crippen LogP contribution >= 0.6 is 11.8 Å². The zero-order chi connectivity index (χ0) is 14.7. The first-order valence-corrected chi connectivity index (χ1v) is 6.28. The van der Waals surface area contributed by atoms with E-state index in [0.29, 0.717) is 5.16 Å². The standard InChI is InChI=1S/C12H9N3O4S/c1-7-5-13-12(14-6-7)20-9-4-2-3-8(11(16)17)10(9)15(18)19/h2-6H,1H3,(H,16,17). The number of nitrogens with zero attached hydrogens (tertiary/aromatic N) is 3. The number of aryl methyl sites for hydroxylation is 1. The smallest absolute Gasteiger partial charge is 0.342 e. The molecule has 0 aliphatic carbocycles. The van der Waals surface area contributed by atoms with E-state index in [0.717, 1.165) is 17.3 Å². The number of nitro benzene ring substituents is 1. The van der Waals surface area contributed by atoms with Crippen molar-refractivity contribution in [1.29, 1.82) is 0 Å². The average molecular weight is 291 g/mol. The van der Waals surface area contributed by atoms with Crippen LogP contribution in [0.5, 0.6) is 0 Å². The molecule has 102 valence electrons. The van der Waals surface area contributed by atoms with Crippen LogP contribution in [0.15, 0.2) is 40.6 Å². The van der Waals surface area contributed by atoms with Gasteiger partial charge in [-0.05, 0) is 36.4 Å². The maximum absolute atomic E-state index is 11.1. The summed E-state index contributed by atoms with van der Waals surface area (Å²) >= 11 is 0.956. The van der Waals surface area contributed by atoms with Gasteiger partial charge in [0.15, 0.2) is 5.16 Å². The van der Waals surface area contributed by atoms with E-state index in [4.69, 9.17) is 5.11 Å². The SMILES string of the molecule is Cc1cnc(Sc2cccc(C(=O)O)c2[N+](=O)[O-])nc1. The van der Waals surface area contributed by atoms with Crippen molar-refractivity contribution in [1.82, 2.24) is 9.97 Å². The van der Waals surface area contributed by atoms with Crippen LogP contribution in [0, 0.1) is 17.0 Å². The molecule has 1 heterocycles. The lowest BCUT2D eigenvalue weighted by Crippen LogP contribution is -2.03. The highest BCUT2D eigenvalue weighted by molar-refractivity contribution is 7.99. The quantitative estimate of drug-likeness (QED) is 0.524. The molecule has 2 rings (SSSR count). The van der Waals surface area contributed by atoms with Gasteiger partial charge in [0.25, 0.3) is 5.69 Å². The predicted octanol–water partition coefficient (Wildman–Crippen LogP) is 2.54. The third-order valence-corrected chi connectivity index (χ3v) is 3.31. The van der Waals surface area contributed by atoms with Crippen molar-refractivity contribution in [2.75, 3.05) is 0 Å². The lowest BCUT2D eigenvalue weighted by molar-refractivity contribution is -0.388. The molecule has 0 radical (unpaired) electrons. The van der Waals surface area contributed by atoms with Gasteiger partial charge in [-0.2, -0.15) is 0 Å². The number of aromatic nitrogens is 2. The molecule has 0 bridgehead atoms. The van der Waals surface area contributed by atoms with Gasteiger partial charge in [0.1, 0.15) is 5.56 Å². The van der Waals surface area contributed by atoms with Gasteiger partial charge < -0.3 is 5.11 Å². The van der Waals surface area contributed by atoms with Crippen molar-refractivity contribution in [2.24, 2.45) is 0 Å². The molecule has 20 heavy (non-hydrogen) atoms. The van der Waals surface area contributed by atoms with Gasteiger partial charge in [-0.1, -0.05) is 6.07 Å². The Bertz CT molecular complexity index is 673. The average Bonchev–Trinajstić information content (AvgIpc) is 2.40. The van der Waals surface area contributed by atoms with Crippen molar-refractivity contribution in [3.05, 3.63) is 51.8 Å². The van der Waals surface area contributed by atoms with Gasteiger partial charge in [0, 0.05) is 12.4 Å². The fourth-order valence-corrected chi connectivity index (χ4v) is 2.33. The summed E-state index contributed by atoms with van der Waals surface area (Å²) in [6.07, 6.45) is 3.17. The van der Waals surface area contributed by atoms with Crippen LogP contribution in [0.4, 0.5) is 5.69 Å². The Morgan fingerprint density at radius 3 is 2.55 bits per heavy atom. The van der Waals surface area contributed by atoms with Crippen LogP contribution in [0.3, 0.4) is 0 Å². The largest absolute Gasteiger partial charge is 0.477 e. The number of nitro groups is 1. The molecule has 2 aromatic rings. The summed E-state index contributed by atoms with van der Waals surface area (Å²) in [7, 11) is 0. The zero-order valence-electron chi connectivity index (χ0n) is 10.3.